The Morgan fingerprint density at radius 2 is 1.85 bits per heavy atom. The van der Waals surface area contributed by atoms with E-state index >= 15 is 0 Å². The highest BCUT2D eigenvalue weighted by Gasteiger charge is 2.15. The maximum Gasteiger partial charge on any atom is 0.123 e. The third-order valence-corrected chi connectivity index (χ3v) is 3.58. The summed E-state index contributed by atoms with van der Waals surface area (Å²) in [5.41, 5.74) is 3.37. The van der Waals surface area contributed by atoms with Gasteiger partial charge in [-0.15, -0.1) is 0 Å². The Bertz CT molecular complexity index is 566. The van der Waals surface area contributed by atoms with Crippen molar-refractivity contribution in [3.8, 4) is 0 Å². The lowest BCUT2D eigenvalue weighted by Gasteiger charge is -2.21. The summed E-state index contributed by atoms with van der Waals surface area (Å²) >= 11 is 6.02. The van der Waals surface area contributed by atoms with E-state index in [1.54, 1.807) is 0 Å². The van der Waals surface area contributed by atoms with Crippen molar-refractivity contribution in [1.29, 1.82) is 0 Å². The van der Waals surface area contributed by atoms with E-state index in [0.717, 1.165) is 29.1 Å². The third-order valence-electron chi connectivity index (χ3n) is 3.34. The molecule has 0 aliphatic heterocycles. The molecule has 1 unspecified atom stereocenters. The number of hydrogen-bond donors (Lipinski definition) is 1. The number of rotatable bonds is 5. The summed E-state index contributed by atoms with van der Waals surface area (Å²) in [7, 11) is 0. The van der Waals surface area contributed by atoms with Crippen LogP contribution in [-0.2, 0) is 0 Å². The molecule has 0 aliphatic carbocycles. The number of halogens is 2. The van der Waals surface area contributed by atoms with Gasteiger partial charge in [0.15, 0.2) is 0 Å². The van der Waals surface area contributed by atoms with Gasteiger partial charge in [-0.25, -0.2) is 4.39 Å². The average Bonchev–Trinajstić information content (AvgIpc) is 2.42. The Labute approximate surface area is 124 Å². The lowest BCUT2D eigenvalue weighted by atomic mass is 9.95. The maximum absolute atomic E-state index is 13.1. The van der Waals surface area contributed by atoms with Crippen molar-refractivity contribution in [1.82, 2.24) is 5.32 Å². The lowest BCUT2D eigenvalue weighted by molar-refractivity contribution is 0.591. The summed E-state index contributed by atoms with van der Waals surface area (Å²) in [5, 5.41) is 4.25. The van der Waals surface area contributed by atoms with Gasteiger partial charge in [0.1, 0.15) is 5.82 Å². The molecule has 0 spiro atoms. The molecule has 0 fully saturated rings. The first kappa shape index (κ1) is 15.0. The Balaban J connectivity index is 2.38. The number of nitrogens with one attached hydrogen (secondary N) is 1. The highest BCUT2D eigenvalue weighted by atomic mass is 35.5. The first-order valence-electron chi connectivity index (χ1n) is 6.86. The van der Waals surface area contributed by atoms with Crippen LogP contribution >= 0.6 is 11.6 Å². The number of aryl methyl sites for hydroxylation is 1. The Kier molecular flexibility index (Phi) is 5.16. The molecule has 0 aliphatic rings. The van der Waals surface area contributed by atoms with E-state index < -0.39 is 0 Å². The van der Waals surface area contributed by atoms with Gasteiger partial charge in [0.2, 0.25) is 0 Å². The average molecular weight is 292 g/mol. The van der Waals surface area contributed by atoms with Crippen LogP contribution in [0.5, 0.6) is 0 Å². The number of benzene rings is 2. The molecule has 0 aromatic heterocycles. The molecule has 1 N–H and O–H groups in total. The molecule has 20 heavy (non-hydrogen) atoms. The fourth-order valence-electron chi connectivity index (χ4n) is 2.31. The molecular formula is C17H19ClFN. The molecular weight excluding hydrogens is 273 g/mol. The quantitative estimate of drug-likeness (QED) is 0.828. The maximum atomic E-state index is 13.1. The SMILES string of the molecule is CCCNC(c1ccc(F)cc1)c1ccc(Cl)cc1C. The molecule has 1 nitrogen and oxygen atoms in total. The zero-order valence-corrected chi connectivity index (χ0v) is 12.5. The van der Waals surface area contributed by atoms with Crippen molar-refractivity contribution >= 4 is 11.6 Å². The third kappa shape index (κ3) is 3.59. The summed E-state index contributed by atoms with van der Waals surface area (Å²) in [5.74, 6) is -0.212. The summed E-state index contributed by atoms with van der Waals surface area (Å²) in [6.07, 6.45) is 1.05. The Hall–Kier alpha value is -1.38. The fourth-order valence-corrected chi connectivity index (χ4v) is 2.54. The van der Waals surface area contributed by atoms with Gasteiger partial charge in [-0.2, -0.15) is 0 Å². The predicted molar refractivity (Wildman–Crippen MR) is 82.7 cm³/mol. The van der Waals surface area contributed by atoms with Crippen LogP contribution in [0, 0.1) is 12.7 Å². The van der Waals surface area contributed by atoms with E-state index in [1.165, 1.54) is 17.7 Å². The zero-order valence-electron chi connectivity index (χ0n) is 11.8. The van der Waals surface area contributed by atoms with Crippen LogP contribution in [0.1, 0.15) is 36.1 Å². The highest BCUT2D eigenvalue weighted by Crippen LogP contribution is 2.27. The second-order valence-corrected chi connectivity index (χ2v) is 5.38. The zero-order chi connectivity index (χ0) is 14.5. The van der Waals surface area contributed by atoms with Gasteiger partial charge in [0, 0.05) is 5.02 Å². The van der Waals surface area contributed by atoms with Gasteiger partial charge >= 0.3 is 0 Å². The summed E-state index contributed by atoms with van der Waals surface area (Å²) in [6, 6.07) is 12.6. The van der Waals surface area contributed by atoms with Crippen molar-refractivity contribution in [2.45, 2.75) is 26.3 Å². The van der Waals surface area contributed by atoms with Crippen LogP contribution in [0.15, 0.2) is 42.5 Å². The van der Waals surface area contributed by atoms with Gasteiger partial charge in [-0.3, -0.25) is 0 Å². The minimum atomic E-state index is -0.212. The predicted octanol–water partition coefficient (Wildman–Crippen LogP) is 4.88. The van der Waals surface area contributed by atoms with Crippen molar-refractivity contribution in [3.05, 3.63) is 70.0 Å². The molecule has 0 amide bonds. The fraction of sp³-hybridized carbons (Fsp3) is 0.294. The molecule has 106 valence electrons. The minimum Gasteiger partial charge on any atom is -0.306 e. The number of hydrogen-bond acceptors (Lipinski definition) is 1. The molecule has 0 saturated heterocycles. The summed E-state index contributed by atoms with van der Waals surface area (Å²) < 4.78 is 13.1. The highest BCUT2D eigenvalue weighted by molar-refractivity contribution is 6.30. The van der Waals surface area contributed by atoms with Gasteiger partial charge in [0.05, 0.1) is 6.04 Å². The summed E-state index contributed by atoms with van der Waals surface area (Å²) in [6.45, 7) is 5.08. The molecule has 2 rings (SSSR count). The molecule has 2 aromatic rings. The van der Waals surface area contributed by atoms with Crippen LogP contribution in [0.3, 0.4) is 0 Å². The normalized spacial score (nSPS) is 12.4. The first-order chi connectivity index (χ1) is 9.61. The van der Waals surface area contributed by atoms with Gasteiger partial charge in [-0.05, 0) is 60.8 Å². The van der Waals surface area contributed by atoms with Crippen molar-refractivity contribution in [3.63, 3.8) is 0 Å². The van der Waals surface area contributed by atoms with E-state index in [2.05, 4.69) is 12.2 Å². The lowest BCUT2D eigenvalue weighted by Crippen LogP contribution is -2.23. The molecule has 0 bridgehead atoms. The van der Waals surface area contributed by atoms with E-state index in [-0.39, 0.29) is 11.9 Å². The molecule has 1 atom stereocenters. The monoisotopic (exact) mass is 291 g/mol. The molecule has 0 saturated carbocycles. The van der Waals surface area contributed by atoms with Crippen molar-refractivity contribution < 1.29 is 4.39 Å². The standard InChI is InChI=1S/C17H19ClFN/c1-3-10-20-17(13-4-7-15(19)8-5-13)16-9-6-14(18)11-12(16)2/h4-9,11,17,20H,3,10H2,1-2H3. The van der Waals surface area contributed by atoms with Crippen LogP contribution < -0.4 is 5.32 Å². The second kappa shape index (κ2) is 6.87. The Morgan fingerprint density at radius 1 is 1.15 bits per heavy atom. The van der Waals surface area contributed by atoms with E-state index in [1.807, 2.05) is 37.3 Å². The van der Waals surface area contributed by atoms with Crippen LogP contribution in [-0.4, -0.2) is 6.54 Å². The van der Waals surface area contributed by atoms with E-state index in [9.17, 15) is 4.39 Å². The smallest absolute Gasteiger partial charge is 0.123 e. The molecule has 0 radical (unpaired) electrons. The van der Waals surface area contributed by atoms with Crippen molar-refractivity contribution in [2.75, 3.05) is 6.54 Å². The molecule has 3 heteroatoms. The van der Waals surface area contributed by atoms with Gasteiger partial charge < -0.3 is 5.32 Å². The molecule has 2 aromatic carbocycles. The van der Waals surface area contributed by atoms with Gasteiger partial charge in [-0.1, -0.05) is 36.7 Å². The second-order valence-electron chi connectivity index (χ2n) is 4.94. The van der Waals surface area contributed by atoms with Crippen molar-refractivity contribution in [2.24, 2.45) is 0 Å². The minimum absolute atomic E-state index is 0.0628. The van der Waals surface area contributed by atoms with Gasteiger partial charge in [0.25, 0.3) is 0 Å². The summed E-state index contributed by atoms with van der Waals surface area (Å²) in [4.78, 5) is 0. The van der Waals surface area contributed by atoms with Crippen LogP contribution in [0.25, 0.3) is 0 Å². The van der Waals surface area contributed by atoms with Crippen LogP contribution in [0.4, 0.5) is 4.39 Å². The topological polar surface area (TPSA) is 12.0 Å². The van der Waals surface area contributed by atoms with E-state index in [4.69, 9.17) is 11.6 Å². The Morgan fingerprint density at radius 3 is 2.45 bits per heavy atom. The first-order valence-corrected chi connectivity index (χ1v) is 7.24. The van der Waals surface area contributed by atoms with Crippen LogP contribution in [0.2, 0.25) is 5.02 Å². The largest absolute Gasteiger partial charge is 0.306 e. The van der Waals surface area contributed by atoms with E-state index in [0.29, 0.717) is 0 Å². The molecule has 0 heterocycles.